The molecule has 0 radical (unpaired) electrons. The van der Waals surface area contributed by atoms with Crippen molar-refractivity contribution >= 4 is 11.6 Å². The monoisotopic (exact) mass is 299 g/mol. The first kappa shape index (κ1) is 13.3. The molecule has 6 nitrogen and oxygen atoms in total. The van der Waals surface area contributed by atoms with E-state index in [0.29, 0.717) is 30.5 Å². The van der Waals surface area contributed by atoms with Crippen LogP contribution in [0, 0.1) is 0 Å². The first-order chi connectivity index (χ1) is 10.7. The third kappa shape index (κ3) is 2.24. The number of amides is 1. The molecule has 22 heavy (non-hydrogen) atoms. The Kier molecular flexibility index (Phi) is 3.10. The van der Waals surface area contributed by atoms with Gasteiger partial charge >= 0.3 is 0 Å². The number of aromatic hydroxyl groups is 1. The molecule has 6 heteroatoms. The minimum absolute atomic E-state index is 0.0130. The summed E-state index contributed by atoms with van der Waals surface area (Å²) in [6, 6.07) is 6.72. The third-order valence-corrected chi connectivity index (χ3v) is 4.54. The summed E-state index contributed by atoms with van der Waals surface area (Å²) in [5.74, 6) is 1.85. The van der Waals surface area contributed by atoms with E-state index in [1.807, 2.05) is 6.07 Å². The van der Waals surface area contributed by atoms with Crippen molar-refractivity contribution in [2.75, 3.05) is 11.4 Å². The average Bonchev–Trinajstić information content (AvgIpc) is 3.04. The van der Waals surface area contributed by atoms with Crippen LogP contribution in [-0.4, -0.2) is 27.7 Å². The number of phenols is 1. The molecule has 2 aliphatic rings. The van der Waals surface area contributed by atoms with Crippen molar-refractivity contribution in [2.45, 2.75) is 37.5 Å². The molecular weight excluding hydrogens is 282 g/mol. The molecule has 114 valence electrons. The number of anilines is 1. The second kappa shape index (κ2) is 5.12. The number of rotatable bonds is 3. The lowest BCUT2D eigenvalue weighted by atomic mass is 9.85. The van der Waals surface area contributed by atoms with E-state index >= 15 is 0 Å². The van der Waals surface area contributed by atoms with Gasteiger partial charge in [-0.2, -0.15) is 4.98 Å². The number of hydrogen-bond donors (Lipinski definition) is 1. The predicted molar refractivity (Wildman–Crippen MR) is 78.7 cm³/mol. The van der Waals surface area contributed by atoms with Crippen molar-refractivity contribution in [1.29, 1.82) is 0 Å². The molecule has 1 aromatic carbocycles. The van der Waals surface area contributed by atoms with Crippen LogP contribution in [0.25, 0.3) is 0 Å². The van der Waals surface area contributed by atoms with Gasteiger partial charge in [0, 0.05) is 30.6 Å². The summed E-state index contributed by atoms with van der Waals surface area (Å²) in [5, 5.41) is 13.6. The van der Waals surface area contributed by atoms with E-state index in [4.69, 9.17) is 4.52 Å². The van der Waals surface area contributed by atoms with Crippen LogP contribution in [-0.2, 0) is 4.79 Å². The number of phenolic OH excluding ortho intramolecular Hbond substituents is 1. The molecule has 1 saturated carbocycles. The Morgan fingerprint density at radius 3 is 2.86 bits per heavy atom. The summed E-state index contributed by atoms with van der Waals surface area (Å²) in [5.41, 5.74) is 0.700. The average molecular weight is 299 g/mol. The van der Waals surface area contributed by atoms with Crippen LogP contribution >= 0.6 is 0 Å². The Morgan fingerprint density at radius 1 is 1.27 bits per heavy atom. The zero-order chi connectivity index (χ0) is 15.1. The summed E-state index contributed by atoms with van der Waals surface area (Å²) in [6.45, 7) is 0.509. The third-order valence-electron chi connectivity index (χ3n) is 4.54. The summed E-state index contributed by atoms with van der Waals surface area (Å²) in [7, 11) is 0. The molecule has 1 saturated heterocycles. The molecule has 1 aliphatic heterocycles. The fourth-order valence-corrected chi connectivity index (χ4v) is 3.03. The Balaban J connectivity index is 1.53. The lowest BCUT2D eigenvalue weighted by Gasteiger charge is -2.21. The maximum atomic E-state index is 12.2. The lowest BCUT2D eigenvalue weighted by Crippen LogP contribution is -2.24. The van der Waals surface area contributed by atoms with Crippen LogP contribution in [0.2, 0.25) is 0 Å². The SMILES string of the molecule is O=C1CC(c2nc(C3CCC3)no2)CN1c1cccc(O)c1. The fourth-order valence-electron chi connectivity index (χ4n) is 3.03. The Morgan fingerprint density at radius 2 is 2.14 bits per heavy atom. The number of nitrogens with zero attached hydrogens (tertiary/aromatic N) is 3. The Hall–Kier alpha value is -2.37. The highest BCUT2D eigenvalue weighted by Crippen LogP contribution is 2.37. The van der Waals surface area contributed by atoms with Crippen LogP contribution in [0.4, 0.5) is 5.69 Å². The molecule has 1 aromatic heterocycles. The van der Waals surface area contributed by atoms with E-state index in [0.717, 1.165) is 18.7 Å². The Bertz CT molecular complexity index is 708. The van der Waals surface area contributed by atoms with E-state index < -0.39 is 0 Å². The molecule has 4 rings (SSSR count). The second-order valence-corrected chi connectivity index (χ2v) is 6.04. The van der Waals surface area contributed by atoms with E-state index in [9.17, 15) is 9.90 Å². The molecular formula is C16H17N3O3. The van der Waals surface area contributed by atoms with Crippen molar-refractivity contribution < 1.29 is 14.4 Å². The van der Waals surface area contributed by atoms with Gasteiger partial charge in [-0.1, -0.05) is 17.6 Å². The number of carbonyl (C=O) groups excluding carboxylic acids is 1. The molecule has 0 spiro atoms. The highest BCUT2D eigenvalue weighted by Gasteiger charge is 2.36. The van der Waals surface area contributed by atoms with E-state index in [1.165, 1.54) is 6.42 Å². The minimum atomic E-state index is -0.0730. The summed E-state index contributed by atoms with van der Waals surface area (Å²) in [4.78, 5) is 18.4. The van der Waals surface area contributed by atoms with Gasteiger partial charge in [-0.3, -0.25) is 4.79 Å². The number of aromatic nitrogens is 2. The van der Waals surface area contributed by atoms with Gasteiger partial charge in [0.05, 0.1) is 5.92 Å². The van der Waals surface area contributed by atoms with Crippen LogP contribution in [0.5, 0.6) is 5.75 Å². The van der Waals surface area contributed by atoms with Crippen molar-refractivity contribution in [2.24, 2.45) is 0 Å². The van der Waals surface area contributed by atoms with Gasteiger partial charge in [0.15, 0.2) is 5.82 Å². The zero-order valence-electron chi connectivity index (χ0n) is 12.1. The number of carbonyl (C=O) groups is 1. The van der Waals surface area contributed by atoms with Gasteiger partial charge in [-0.05, 0) is 25.0 Å². The van der Waals surface area contributed by atoms with Crippen molar-refractivity contribution in [1.82, 2.24) is 10.1 Å². The molecule has 1 amide bonds. The predicted octanol–water partition coefficient (Wildman–Crippen LogP) is 2.56. The summed E-state index contributed by atoms with van der Waals surface area (Å²) >= 11 is 0. The van der Waals surface area contributed by atoms with Crippen LogP contribution < -0.4 is 4.90 Å². The maximum absolute atomic E-state index is 12.2. The fraction of sp³-hybridized carbons (Fsp3) is 0.438. The normalized spacial score (nSPS) is 22.1. The quantitative estimate of drug-likeness (QED) is 0.942. The highest BCUT2D eigenvalue weighted by atomic mass is 16.5. The molecule has 0 bridgehead atoms. The molecule has 2 fully saturated rings. The standard InChI is InChI=1S/C16H17N3O3/c20-13-6-2-5-12(8-13)19-9-11(7-14(19)21)16-17-15(18-22-16)10-3-1-4-10/h2,5-6,8,10-11,20H,1,3-4,7,9H2. The summed E-state index contributed by atoms with van der Waals surface area (Å²) < 4.78 is 5.37. The first-order valence-corrected chi connectivity index (χ1v) is 7.63. The number of hydrogen-bond acceptors (Lipinski definition) is 5. The molecule has 1 atom stereocenters. The van der Waals surface area contributed by atoms with Crippen molar-refractivity contribution in [3.63, 3.8) is 0 Å². The van der Waals surface area contributed by atoms with Gasteiger partial charge in [-0.15, -0.1) is 0 Å². The largest absolute Gasteiger partial charge is 0.508 e. The molecule has 2 heterocycles. The topological polar surface area (TPSA) is 79.5 Å². The minimum Gasteiger partial charge on any atom is -0.508 e. The van der Waals surface area contributed by atoms with Gasteiger partial charge in [0.1, 0.15) is 5.75 Å². The maximum Gasteiger partial charge on any atom is 0.232 e. The molecule has 1 aliphatic carbocycles. The lowest BCUT2D eigenvalue weighted by molar-refractivity contribution is -0.117. The number of benzene rings is 1. The molecule has 1 unspecified atom stereocenters. The van der Waals surface area contributed by atoms with Gasteiger partial charge in [-0.25, -0.2) is 0 Å². The molecule has 1 N–H and O–H groups in total. The first-order valence-electron chi connectivity index (χ1n) is 7.63. The van der Waals surface area contributed by atoms with E-state index in [-0.39, 0.29) is 17.6 Å². The van der Waals surface area contributed by atoms with Gasteiger partial charge < -0.3 is 14.5 Å². The van der Waals surface area contributed by atoms with Crippen LogP contribution in [0.3, 0.4) is 0 Å². The van der Waals surface area contributed by atoms with E-state index in [2.05, 4.69) is 10.1 Å². The smallest absolute Gasteiger partial charge is 0.232 e. The van der Waals surface area contributed by atoms with Crippen LogP contribution in [0.1, 0.15) is 49.2 Å². The zero-order valence-corrected chi connectivity index (χ0v) is 12.1. The van der Waals surface area contributed by atoms with Crippen molar-refractivity contribution in [3.8, 4) is 5.75 Å². The van der Waals surface area contributed by atoms with Gasteiger partial charge in [0.2, 0.25) is 11.8 Å². The van der Waals surface area contributed by atoms with Crippen LogP contribution in [0.15, 0.2) is 28.8 Å². The van der Waals surface area contributed by atoms with E-state index in [1.54, 1.807) is 23.1 Å². The summed E-state index contributed by atoms with van der Waals surface area (Å²) in [6.07, 6.45) is 3.83. The highest BCUT2D eigenvalue weighted by molar-refractivity contribution is 5.96. The van der Waals surface area contributed by atoms with Crippen molar-refractivity contribution in [3.05, 3.63) is 36.0 Å². The second-order valence-electron chi connectivity index (χ2n) is 6.04. The molecule has 2 aromatic rings. The van der Waals surface area contributed by atoms with Gasteiger partial charge in [0.25, 0.3) is 0 Å². The Labute approximate surface area is 127 Å².